The molecule has 1 aromatic rings. The normalized spacial score (nSPS) is 17.9. The van der Waals surface area contributed by atoms with Crippen LogP contribution in [0.3, 0.4) is 0 Å². The summed E-state index contributed by atoms with van der Waals surface area (Å²) in [5, 5.41) is 2.79. The van der Waals surface area contributed by atoms with Crippen molar-refractivity contribution in [1.82, 2.24) is 4.90 Å². The van der Waals surface area contributed by atoms with E-state index in [1.165, 1.54) is 6.07 Å². The van der Waals surface area contributed by atoms with E-state index in [0.29, 0.717) is 12.2 Å². The first-order chi connectivity index (χ1) is 9.66. The van der Waals surface area contributed by atoms with Gasteiger partial charge >= 0.3 is 6.18 Å². The number of nitrogens with one attached hydrogen (secondary N) is 1. The second-order valence-electron chi connectivity index (χ2n) is 5.88. The van der Waals surface area contributed by atoms with Gasteiger partial charge < -0.3 is 10.2 Å². The molecule has 0 aliphatic carbocycles. The van der Waals surface area contributed by atoms with Gasteiger partial charge in [-0.2, -0.15) is 13.2 Å². The highest BCUT2D eigenvalue weighted by molar-refractivity contribution is 6.00. The van der Waals surface area contributed by atoms with Gasteiger partial charge in [0.1, 0.15) is 0 Å². The molecule has 0 radical (unpaired) electrons. The molecule has 116 valence electrons. The summed E-state index contributed by atoms with van der Waals surface area (Å²) in [6.45, 7) is 4.44. The molecule has 0 bridgehead atoms. The summed E-state index contributed by atoms with van der Waals surface area (Å²) in [5.41, 5.74) is -0.643. The second-order valence-corrected chi connectivity index (χ2v) is 5.88. The van der Waals surface area contributed by atoms with E-state index in [2.05, 4.69) is 5.32 Å². The van der Waals surface area contributed by atoms with Crippen LogP contribution in [-0.2, 0) is 6.18 Å². The zero-order valence-electron chi connectivity index (χ0n) is 12.3. The number of carbonyl (C=O) groups is 1. The highest BCUT2D eigenvalue weighted by Crippen LogP contribution is 2.35. The molecule has 3 nitrogen and oxygen atoms in total. The van der Waals surface area contributed by atoms with Crippen LogP contribution in [0.1, 0.15) is 42.6 Å². The SMILES string of the molecule is CNc1ccc(C(F)(F)F)cc1C(=O)N1CCCC1(C)C. The minimum atomic E-state index is -4.46. The third kappa shape index (κ3) is 2.99. The molecule has 1 heterocycles. The molecule has 1 fully saturated rings. The quantitative estimate of drug-likeness (QED) is 0.902. The van der Waals surface area contributed by atoms with E-state index in [4.69, 9.17) is 0 Å². The predicted octanol–water partition coefficient (Wildman–Crippen LogP) is 3.76. The molecule has 1 aliphatic rings. The van der Waals surface area contributed by atoms with Gasteiger partial charge in [0.05, 0.1) is 11.1 Å². The maximum Gasteiger partial charge on any atom is 0.416 e. The lowest BCUT2D eigenvalue weighted by molar-refractivity contribution is -0.137. The number of hydrogen-bond donors (Lipinski definition) is 1. The van der Waals surface area contributed by atoms with Crippen LogP contribution in [0, 0.1) is 0 Å². The summed E-state index contributed by atoms with van der Waals surface area (Å²) in [4.78, 5) is 14.3. The number of carbonyl (C=O) groups excluding carboxylic acids is 1. The fraction of sp³-hybridized carbons (Fsp3) is 0.533. The van der Waals surface area contributed by atoms with Gasteiger partial charge in [0.15, 0.2) is 0 Å². The van der Waals surface area contributed by atoms with Crippen molar-refractivity contribution in [2.24, 2.45) is 0 Å². The second kappa shape index (κ2) is 5.24. The molecule has 1 saturated heterocycles. The Balaban J connectivity index is 2.44. The highest BCUT2D eigenvalue weighted by atomic mass is 19.4. The average Bonchev–Trinajstić information content (AvgIpc) is 2.75. The Morgan fingerprint density at radius 1 is 1.33 bits per heavy atom. The van der Waals surface area contributed by atoms with E-state index in [-0.39, 0.29) is 17.0 Å². The van der Waals surface area contributed by atoms with E-state index >= 15 is 0 Å². The van der Waals surface area contributed by atoms with E-state index in [0.717, 1.165) is 25.0 Å². The first kappa shape index (κ1) is 15.7. The van der Waals surface area contributed by atoms with E-state index in [9.17, 15) is 18.0 Å². The summed E-state index contributed by atoms with van der Waals surface area (Å²) >= 11 is 0. The fourth-order valence-electron chi connectivity index (χ4n) is 2.74. The van der Waals surface area contributed by atoms with Crippen molar-refractivity contribution in [1.29, 1.82) is 0 Å². The van der Waals surface area contributed by atoms with Crippen LogP contribution in [0.4, 0.5) is 18.9 Å². The van der Waals surface area contributed by atoms with Gasteiger partial charge in [0, 0.05) is 24.8 Å². The number of hydrogen-bond acceptors (Lipinski definition) is 2. The van der Waals surface area contributed by atoms with Gasteiger partial charge in [-0.1, -0.05) is 0 Å². The molecule has 0 aromatic heterocycles. The Bertz CT molecular complexity index is 552. The largest absolute Gasteiger partial charge is 0.416 e. The topological polar surface area (TPSA) is 32.3 Å². The Hall–Kier alpha value is -1.72. The third-order valence-corrected chi connectivity index (χ3v) is 3.99. The van der Waals surface area contributed by atoms with E-state index in [1.54, 1.807) is 11.9 Å². The Labute approximate surface area is 122 Å². The van der Waals surface area contributed by atoms with E-state index < -0.39 is 11.7 Å². The molecule has 2 rings (SSSR count). The number of amides is 1. The summed E-state index contributed by atoms with van der Waals surface area (Å²) in [5.74, 6) is -0.354. The van der Waals surface area contributed by atoms with Gasteiger partial charge in [-0.25, -0.2) is 0 Å². The first-order valence-electron chi connectivity index (χ1n) is 6.88. The van der Waals surface area contributed by atoms with Crippen molar-refractivity contribution < 1.29 is 18.0 Å². The van der Waals surface area contributed by atoms with Crippen LogP contribution >= 0.6 is 0 Å². The molecule has 21 heavy (non-hydrogen) atoms. The molecule has 6 heteroatoms. The Morgan fingerprint density at radius 2 is 2.00 bits per heavy atom. The Morgan fingerprint density at radius 3 is 2.48 bits per heavy atom. The van der Waals surface area contributed by atoms with Crippen molar-refractivity contribution in [3.8, 4) is 0 Å². The molecular weight excluding hydrogens is 281 g/mol. The number of anilines is 1. The van der Waals surface area contributed by atoms with Crippen molar-refractivity contribution >= 4 is 11.6 Å². The number of rotatable bonds is 2. The summed E-state index contributed by atoms with van der Waals surface area (Å²) < 4.78 is 38.6. The molecule has 0 atom stereocenters. The standard InChI is InChI=1S/C15H19F3N2O/c1-14(2)7-4-8-20(14)13(21)11-9-10(15(16,17)18)5-6-12(11)19-3/h5-6,9,19H,4,7-8H2,1-3H3. The molecule has 0 unspecified atom stereocenters. The summed E-state index contributed by atoms with van der Waals surface area (Å²) in [6, 6.07) is 3.22. The van der Waals surface area contributed by atoms with Crippen LogP contribution in [0.25, 0.3) is 0 Å². The molecule has 0 spiro atoms. The van der Waals surface area contributed by atoms with Gasteiger partial charge in [-0.3, -0.25) is 4.79 Å². The lowest BCUT2D eigenvalue weighted by Gasteiger charge is -2.32. The number of benzene rings is 1. The van der Waals surface area contributed by atoms with Gasteiger partial charge in [0.25, 0.3) is 5.91 Å². The monoisotopic (exact) mass is 300 g/mol. The lowest BCUT2D eigenvalue weighted by Crippen LogP contribution is -2.42. The summed E-state index contributed by atoms with van der Waals surface area (Å²) in [7, 11) is 1.59. The number of nitrogens with zero attached hydrogens (tertiary/aromatic N) is 1. The lowest BCUT2D eigenvalue weighted by atomic mass is 10.00. The van der Waals surface area contributed by atoms with Crippen molar-refractivity contribution in [3.63, 3.8) is 0 Å². The smallest absolute Gasteiger partial charge is 0.387 e. The molecule has 1 N–H and O–H groups in total. The summed E-state index contributed by atoms with van der Waals surface area (Å²) in [6.07, 6.45) is -2.74. The molecule has 1 aromatic carbocycles. The molecule has 0 saturated carbocycles. The number of alkyl halides is 3. The van der Waals surface area contributed by atoms with Gasteiger partial charge in [0.2, 0.25) is 0 Å². The maximum absolute atomic E-state index is 12.9. The van der Waals surface area contributed by atoms with Crippen LogP contribution in [0.5, 0.6) is 0 Å². The van der Waals surface area contributed by atoms with Gasteiger partial charge in [-0.05, 0) is 44.9 Å². The predicted molar refractivity (Wildman–Crippen MR) is 75.3 cm³/mol. The number of likely N-dealkylation sites (tertiary alicyclic amines) is 1. The Kier molecular flexibility index (Phi) is 3.91. The van der Waals surface area contributed by atoms with Crippen LogP contribution in [0.15, 0.2) is 18.2 Å². The molecular formula is C15H19F3N2O. The van der Waals surface area contributed by atoms with Gasteiger partial charge in [-0.15, -0.1) is 0 Å². The molecule has 1 amide bonds. The number of halogens is 3. The van der Waals surface area contributed by atoms with Crippen LogP contribution in [0.2, 0.25) is 0 Å². The fourth-order valence-corrected chi connectivity index (χ4v) is 2.74. The van der Waals surface area contributed by atoms with Crippen molar-refractivity contribution in [2.75, 3.05) is 18.9 Å². The third-order valence-electron chi connectivity index (χ3n) is 3.99. The van der Waals surface area contributed by atoms with E-state index in [1.807, 2.05) is 13.8 Å². The first-order valence-corrected chi connectivity index (χ1v) is 6.88. The van der Waals surface area contributed by atoms with Crippen LogP contribution < -0.4 is 5.32 Å². The van der Waals surface area contributed by atoms with Crippen molar-refractivity contribution in [2.45, 2.75) is 38.4 Å². The minimum Gasteiger partial charge on any atom is -0.387 e. The minimum absolute atomic E-state index is 0.0716. The highest BCUT2D eigenvalue weighted by Gasteiger charge is 2.38. The average molecular weight is 300 g/mol. The molecule has 1 aliphatic heterocycles. The van der Waals surface area contributed by atoms with Crippen molar-refractivity contribution in [3.05, 3.63) is 29.3 Å². The zero-order chi connectivity index (χ0) is 15.8. The zero-order valence-corrected chi connectivity index (χ0v) is 12.3. The van der Waals surface area contributed by atoms with Crippen LogP contribution in [-0.4, -0.2) is 29.9 Å². The maximum atomic E-state index is 12.9.